The third-order valence-electron chi connectivity index (χ3n) is 4.36. The average molecular weight is 490 g/mol. The summed E-state index contributed by atoms with van der Waals surface area (Å²) in [6, 6.07) is 16.4. The minimum absolute atomic E-state index is 0.137. The number of carboxylic acid groups (broad SMARTS) is 1. The van der Waals surface area contributed by atoms with Gasteiger partial charge in [0.2, 0.25) is 0 Å². The smallest absolute Gasteiger partial charge is 0.347 e. The molecule has 9 heteroatoms. The summed E-state index contributed by atoms with van der Waals surface area (Å²) in [5.74, 6) is -1.34. The number of rotatable bonds is 10. The zero-order valence-electron chi connectivity index (χ0n) is 18.6. The Morgan fingerprint density at radius 2 is 1.88 bits per heavy atom. The third-order valence-corrected chi connectivity index (χ3v) is 5.66. The van der Waals surface area contributed by atoms with Crippen molar-refractivity contribution in [3.63, 3.8) is 0 Å². The van der Waals surface area contributed by atoms with Gasteiger partial charge in [0.1, 0.15) is 4.88 Å². The lowest BCUT2D eigenvalue weighted by atomic mass is 10.2. The summed E-state index contributed by atoms with van der Waals surface area (Å²) < 4.78 is 0. The fourth-order valence-corrected chi connectivity index (χ4v) is 3.70. The molecule has 0 atom stereocenters. The Morgan fingerprint density at radius 1 is 1.12 bits per heavy atom. The summed E-state index contributed by atoms with van der Waals surface area (Å²) in [4.78, 5) is 32.1. The number of nitrogens with one attached hydrogen (secondary N) is 2. The fourth-order valence-electron chi connectivity index (χ4n) is 2.68. The zero-order valence-corrected chi connectivity index (χ0v) is 20.2. The van der Waals surface area contributed by atoms with E-state index in [0.29, 0.717) is 22.9 Å². The van der Waals surface area contributed by atoms with E-state index >= 15 is 0 Å². The SMILES string of the molecule is CCCCCONCc1cccc(Cl)c1.Cc1nc(NC(=O)c2ccccc2)sc1C(=O)O. The largest absolute Gasteiger partial charge is 0.477 e. The second-order valence-corrected chi connectivity index (χ2v) is 8.50. The van der Waals surface area contributed by atoms with Gasteiger partial charge in [-0.15, -0.1) is 0 Å². The Labute approximate surface area is 202 Å². The predicted octanol–water partition coefficient (Wildman–Crippen LogP) is 5.95. The monoisotopic (exact) mass is 489 g/mol. The Kier molecular flexibility index (Phi) is 11.5. The highest BCUT2D eigenvalue weighted by molar-refractivity contribution is 7.17. The van der Waals surface area contributed by atoms with Crippen molar-refractivity contribution in [2.45, 2.75) is 39.7 Å². The Hall–Kier alpha value is -2.78. The number of hydroxylamine groups is 1. The highest BCUT2D eigenvalue weighted by Gasteiger charge is 2.15. The number of carbonyl (C=O) groups is 2. The van der Waals surface area contributed by atoms with Crippen LogP contribution in [0.25, 0.3) is 0 Å². The van der Waals surface area contributed by atoms with E-state index in [1.54, 1.807) is 31.2 Å². The number of carboxylic acids is 1. The predicted molar refractivity (Wildman–Crippen MR) is 132 cm³/mol. The van der Waals surface area contributed by atoms with Crippen LogP contribution in [-0.2, 0) is 11.4 Å². The van der Waals surface area contributed by atoms with Crippen molar-refractivity contribution in [2.75, 3.05) is 11.9 Å². The first kappa shape index (κ1) is 26.5. The van der Waals surface area contributed by atoms with E-state index < -0.39 is 5.97 Å². The van der Waals surface area contributed by atoms with Crippen LogP contribution in [0.15, 0.2) is 54.6 Å². The van der Waals surface area contributed by atoms with Crippen LogP contribution in [0.2, 0.25) is 5.02 Å². The normalized spacial score (nSPS) is 10.3. The summed E-state index contributed by atoms with van der Waals surface area (Å²) >= 11 is 6.81. The van der Waals surface area contributed by atoms with E-state index in [1.807, 2.05) is 30.3 Å². The fraction of sp³-hybridized carbons (Fsp3) is 0.292. The van der Waals surface area contributed by atoms with Crippen LogP contribution in [0, 0.1) is 6.92 Å². The lowest BCUT2D eigenvalue weighted by Crippen LogP contribution is -2.14. The van der Waals surface area contributed by atoms with Gasteiger partial charge in [-0.3, -0.25) is 10.1 Å². The van der Waals surface area contributed by atoms with Crippen molar-refractivity contribution >= 4 is 39.9 Å². The summed E-state index contributed by atoms with van der Waals surface area (Å²) in [5.41, 5.74) is 4.97. The molecule has 0 saturated heterocycles. The molecule has 0 spiro atoms. The third kappa shape index (κ3) is 9.71. The zero-order chi connectivity index (χ0) is 24.1. The van der Waals surface area contributed by atoms with E-state index in [1.165, 1.54) is 12.8 Å². The molecule has 176 valence electrons. The van der Waals surface area contributed by atoms with Crippen LogP contribution < -0.4 is 10.8 Å². The number of aromatic carboxylic acids is 1. The van der Waals surface area contributed by atoms with Gasteiger partial charge in [0.25, 0.3) is 5.91 Å². The van der Waals surface area contributed by atoms with Gasteiger partial charge in [-0.1, -0.05) is 73.0 Å². The Morgan fingerprint density at radius 3 is 2.52 bits per heavy atom. The van der Waals surface area contributed by atoms with E-state index in [9.17, 15) is 9.59 Å². The number of anilines is 1. The van der Waals surface area contributed by atoms with Crippen molar-refractivity contribution in [2.24, 2.45) is 0 Å². The first-order chi connectivity index (χ1) is 15.9. The molecule has 7 nitrogen and oxygen atoms in total. The minimum atomic E-state index is -1.04. The maximum Gasteiger partial charge on any atom is 0.347 e. The molecule has 0 unspecified atom stereocenters. The molecule has 0 bridgehead atoms. The van der Waals surface area contributed by atoms with E-state index in [2.05, 4.69) is 22.7 Å². The molecule has 3 rings (SSSR count). The number of benzene rings is 2. The molecular weight excluding hydrogens is 462 g/mol. The van der Waals surface area contributed by atoms with Crippen molar-refractivity contribution in [3.05, 3.63) is 81.3 Å². The summed E-state index contributed by atoms with van der Waals surface area (Å²) in [7, 11) is 0. The topological polar surface area (TPSA) is 101 Å². The van der Waals surface area contributed by atoms with Crippen molar-refractivity contribution in [1.29, 1.82) is 0 Å². The van der Waals surface area contributed by atoms with Gasteiger partial charge in [0, 0.05) is 17.1 Å². The molecule has 1 amide bonds. The highest BCUT2D eigenvalue weighted by Crippen LogP contribution is 2.22. The number of halogens is 1. The molecule has 1 heterocycles. The van der Waals surface area contributed by atoms with Gasteiger partial charge in [-0.2, -0.15) is 5.48 Å². The number of carbonyl (C=O) groups excluding carboxylic acids is 1. The lowest BCUT2D eigenvalue weighted by Gasteiger charge is -2.05. The average Bonchev–Trinajstić information content (AvgIpc) is 3.17. The van der Waals surface area contributed by atoms with Crippen molar-refractivity contribution < 1.29 is 19.5 Å². The summed E-state index contributed by atoms with van der Waals surface area (Å²) in [5, 5.41) is 12.5. The molecule has 0 aliphatic heterocycles. The number of aromatic nitrogens is 1. The molecular formula is C24H28ClN3O4S. The van der Waals surface area contributed by atoms with Gasteiger partial charge in [0.05, 0.1) is 12.3 Å². The van der Waals surface area contributed by atoms with Crippen molar-refractivity contribution in [1.82, 2.24) is 10.5 Å². The summed E-state index contributed by atoms with van der Waals surface area (Å²) in [6.07, 6.45) is 3.55. The second kappa shape index (κ2) is 14.4. The van der Waals surface area contributed by atoms with Gasteiger partial charge >= 0.3 is 5.97 Å². The first-order valence-corrected chi connectivity index (χ1v) is 11.8. The quantitative estimate of drug-likeness (QED) is 0.240. The number of unbranched alkanes of at least 4 members (excludes halogenated alkanes) is 2. The van der Waals surface area contributed by atoms with Gasteiger partial charge in [-0.05, 0) is 43.2 Å². The van der Waals surface area contributed by atoms with Crippen LogP contribution in [0.1, 0.15) is 57.5 Å². The van der Waals surface area contributed by atoms with Gasteiger partial charge in [0.15, 0.2) is 5.13 Å². The second-order valence-electron chi connectivity index (χ2n) is 7.07. The van der Waals surface area contributed by atoms with Crippen LogP contribution in [-0.4, -0.2) is 28.6 Å². The Balaban J connectivity index is 0.000000238. The number of thiazole rings is 1. The van der Waals surface area contributed by atoms with Gasteiger partial charge in [-0.25, -0.2) is 9.78 Å². The molecule has 2 aromatic carbocycles. The van der Waals surface area contributed by atoms with Crippen LogP contribution in [0.4, 0.5) is 5.13 Å². The molecule has 3 N–H and O–H groups in total. The maximum absolute atomic E-state index is 11.8. The molecule has 0 aliphatic carbocycles. The lowest BCUT2D eigenvalue weighted by molar-refractivity contribution is 0.0342. The standard InChI is InChI=1S/C12H18ClNO.C12H10N2O3S/c1-2-3-4-8-15-14-10-11-6-5-7-12(13)9-11;1-7-9(11(16)17)18-12(13-7)14-10(15)8-5-3-2-4-6-8/h5-7,9,14H,2-4,8,10H2,1H3;2-6H,1H3,(H,16,17)(H,13,14,15). The highest BCUT2D eigenvalue weighted by atomic mass is 35.5. The van der Waals surface area contributed by atoms with Gasteiger partial charge < -0.3 is 9.94 Å². The number of hydrogen-bond donors (Lipinski definition) is 3. The number of nitrogens with zero attached hydrogens (tertiary/aromatic N) is 1. The maximum atomic E-state index is 11.8. The number of amides is 1. The van der Waals surface area contributed by atoms with Crippen LogP contribution >= 0.6 is 22.9 Å². The first-order valence-electron chi connectivity index (χ1n) is 10.6. The minimum Gasteiger partial charge on any atom is -0.477 e. The number of aryl methyl sites for hydroxylation is 1. The van der Waals surface area contributed by atoms with Crippen LogP contribution in [0.5, 0.6) is 0 Å². The molecule has 0 saturated carbocycles. The summed E-state index contributed by atoms with van der Waals surface area (Å²) in [6.45, 7) is 5.25. The Bertz CT molecular complexity index is 1030. The molecule has 3 aromatic rings. The van der Waals surface area contributed by atoms with E-state index in [-0.39, 0.29) is 10.8 Å². The molecule has 0 aliphatic rings. The number of hydrogen-bond acceptors (Lipinski definition) is 6. The van der Waals surface area contributed by atoms with Crippen LogP contribution in [0.3, 0.4) is 0 Å². The van der Waals surface area contributed by atoms with Crippen molar-refractivity contribution in [3.8, 4) is 0 Å². The molecule has 0 fully saturated rings. The van der Waals surface area contributed by atoms with E-state index in [0.717, 1.165) is 35.0 Å². The van der Waals surface area contributed by atoms with E-state index in [4.69, 9.17) is 21.5 Å². The molecule has 0 radical (unpaired) electrons. The molecule has 33 heavy (non-hydrogen) atoms. The molecule has 1 aromatic heterocycles.